The predicted molar refractivity (Wildman–Crippen MR) is 100 cm³/mol. The lowest BCUT2D eigenvalue weighted by Gasteiger charge is -2.11. The molecule has 0 unspecified atom stereocenters. The van der Waals surface area contributed by atoms with Crippen molar-refractivity contribution in [2.45, 2.75) is 13.5 Å². The maximum atomic E-state index is 12.4. The second-order valence-electron chi connectivity index (χ2n) is 5.58. The number of fused-ring (bicyclic) bond motifs is 1. The molecule has 0 amide bonds. The predicted octanol–water partition coefficient (Wildman–Crippen LogP) is 5.08. The quantitative estimate of drug-likeness (QED) is 0.344. The zero-order valence-corrected chi connectivity index (χ0v) is 15.3. The van der Waals surface area contributed by atoms with Gasteiger partial charge >= 0.3 is 5.97 Å². The molecule has 0 saturated carbocycles. The second-order valence-corrected chi connectivity index (χ2v) is 6.45. The molecule has 0 bridgehead atoms. The van der Waals surface area contributed by atoms with Crippen LogP contribution in [0.15, 0.2) is 42.5 Å². The number of nitrogens with zero attached hydrogens (tertiary/aromatic N) is 2. The first-order valence-corrected chi connectivity index (χ1v) is 8.55. The fourth-order valence-corrected chi connectivity index (χ4v) is 3.43. The zero-order valence-electron chi connectivity index (χ0n) is 13.7. The van der Waals surface area contributed by atoms with Crippen molar-refractivity contribution < 1.29 is 14.5 Å². The number of halogens is 2. The molecule has 134 valence electrons. The van der Waals surface area contributed by atoms with Crippen LogP contribution in [-0.4, -0.2) is 22.1 Å². The van der Waals surface area contributed by atoms with E-state index in [2.05, 4.69) is 0 Å². The molecule has 2 aromatic carbocycles. The van der Waals surface area contributed by atoms with Gasteiger partial charge in [-0.3, -0.25) is 10.1 Å². The summed E-state index contributed by atoms with van der Waals surface area (Å²) in [6.45, 7) is 2.16. The van der Waals surface area contributed by atoms with E-state index in [9.17, 15) is 14.9 Å². The van der Waals surface area contributed by atoms with Crippen LogP contribution in [-0.2, 0) is 11.3 Å². The summed E-state index contributed by atoms with van der Waals surface area (Å²) in [4.78, 5) is 23.2. The summed E-state index contributed by atoms with van der Waals surface area (Å²) < 4.78 is 6.77. The summed E-state index contributed by atoms with van der Waals surface area (Å²) in [6, 6.07) is 11.2. The normalized spacial score (nSPS) is 10.9. The number of esters is 1. The number of non-ortho nitro benzene ring substituents is 1. The van der Waals surface area contributed by atoms with Crippen molar-refractivity contribution in [2.75, 3.05) is 6.61 Å². The van der Waals surface area contributed by atoms with E-state index in [1.54, 1.807) is 41.8 Å². The van der Waals surface area contributed by atoms with Gasteiger partial charge in [-0.15, -0.1) is 0 Å². The molecule has 3 aromatic rings. The van der Waals surface area contributed by atoms with Gasteiger partial charge in [0, 0.05) is 22.7 Å². The first kappa shape index (κ1) is 18.2. The van der Waals surface area contributed by atoms with Gasteiger partial charge in [0.1, 0.15) is 5.69 Å². The van der Waals surface area contributed by atoms with Crippen LogP contribution in [0.5, 0.6) is 0 Å². The molecule has 0 radical (unpaired) electrons. The van der Waals surface area contributed by atoms with Crippen molar-refractivity contribution in [1.29, 1.82) is 0 Å². The average Bonchev–Trinajstić information content (AvgIpc) is 2.92. The van der Waals surface area contributed by atoms with Crippen LogP contribution in [0.4, 0.5) is 5.69 Å². The van der Waals surface area contributed by atoms with Gasteiger partial charge in [0.15, 0.2) is 0 Å². The fraction of sp³-hybridized carbons (Fsp3) is 0.167. The van der Waals surface area contributed by atoms with Crippen LogP contribution < -0.4 is 0 Å². The Bertz CT molecular complexity index is 994. The van der Waals surface area contributed by atoms with Gasteiger partial charge in [-0.2, -0.15) is 0 Å². The van der Waals surface area contributed by atoms with Gasteiger partial charge < -0.3 is 9.30 Å². The Balaban J connectivity index is 2.20. The number of aromatic nitrogens is 1. The highest BCUT2D eigenvalue weighted by Crippen LogP contribution is 2.30. The summed E-state index contributed by atoms with van der Waals surface area (Å²) in [5, 5.41) is 12.6. The largest absolute Gasteiger partial charge is 0.461 e. The highest BCUT2D eigenvalue weighted by molar-refractivity contribution is 6.34. The molecule has 0 aliphatic carbocycles. The number of ether oxygens (including phenoxy) is 1. The molecule has 3 rings (SSSR count). The van der Waals surface area contributed by atoms with Crippen molar-refractivity contribution in [3.05, 3.63) is 73.9 Å². The third kappa shape index (κ3) is 3.52. The lowest BCUT2D eigenvalue weighted by molar-refractivity contribution is -0.383. The summed E-state index contributed by atoms with van der Waals surface area (Å²) in [7, 11) is 0. The number of rotatable bonds is 5. The third-order valence-corrected chi connectivity index (χ3v) is 4.30. The maximum Gasteiger partial charge on any atom is 0.354 e. The minimum absolute atomic E-state index is 0.0732. The van der Waals surface area contributed by atoms with E-state index in [4.69, 9.17) is 27.9 Å². The van der Waals surface area contributed by atoms with Gasteiger partial charge in [-0.1, -0.05) is 29.3 Å². The topological polar surface area (TPSA) is 74.4 Å². The number of hydrogen-bond donors (Lipinski definition) is 0. The van der Waals surface area contributed by atoms with E-state index in [1.807, 2.05) is 0 Å². The first-order valence-electron chi connectivity index (χ1n) is 7.79. The molecule has 0 atom stereocenters. The molecule has 0 saturated heterocycles. The van der Waals surface area contributed by atoms with E-state index in [-0.39, 0.29) is 24.5 Å². The smallest absolute Gasteiger partial charge is 0.354 e. The van der Waals surface area contributed by atoms with Crippen LogP contribution in [0.25, 0.3) is 10.9 Å². The van der Waals surface area contributed by atoms with Crippen LogP contribution in [0.3, 0.4) is 0 Å². The standard InChI is InChI=1S/C18H14Cl2N2O4/c1-2-26-18(23)17-9-14-15(4-3-5-16(14)22(24)25)21(17)10-11-6-12(19)8-13(20)7-11/h3-9H,2,10H2,1H3. The van der Waals surface area contributed by atoms with Crippen molar-refractivity contribution in [3.63, 3.8) is 0 Å². The number of benzene rings is 2. The van der Waals surface area contributed by atoms with E-state index >= 15 is 0 Å². The Morgan fingerprint density at radius 1 is 1.19 bits per heavy atom. The van der Waals surface area contributed by atoms with E-state index < -0.39 is 10.9 Å². The summed E-state index contributed by atoms with van der Waals surface area (Å²) in [6.07, 6.45) is 0. The summed E-state index contributed by atoms with van der Waals surface area (Å²) >= 11 is 12.1. The molecule has 0 fully saturated rings. The molecule has 0 aliphatic heterocycles. The SMILES string of the molecule is CCOC(=O)c1cc2c([N+](=O)[O-])cccc2n1Cc1cc(Cl)cc(Cl)c1. The Labute approximate surface area is 159 Å². The molecule has 6 nitrogen and oxygen atoms in total. The molecule has 0 spiro atoms. The number of carbonyl (C=O) groups is 1. The Hall–Kier alpha value is -2.57. The summed E-state index contributed by atoms with van der Waals surface area (Å²) in [5.41, 5.74) is 1.47. The van der Waals surface area contributed by atoms with E-state index in [0.717, 1.165) is 5.56 Å². The minimum atomic E-state index is -0.550. The van der Waals surface area contributed by atoms with Crippen molar-refractivity contribution in [2.24, 2.45) is 0 Å². The number of carbonyl (C=O) groups excluding carboxylic acids is 1. The van der Waals surface area contributed by atoms with Crippen molar-refractivity contribution in [3.8, 4) is 0 Å². The molecule has 1 aromatic heterocycles. The molecular weight excluding hydrogens is 379 g/mol. The monoisotopic (exact) mass is 392 g/mol. The molecular formula is C18H14Cl2N2O4. The number of nitro groups is 1. The van der Waals surface area contributed by atoms with Gasteiger partial charge in [0.05, 0.1) is 22.4 Å². The third-order valence-electron chi connectivity index (χ3n) is 3.87. The number of hydrogen-bond acceptors (Lipinski definition) is 4. The Kier molecular flexibility index (Phi) is 5.15. The zero-order chi connectivity index (χ0) is 18.8. The van der Waals surface area contributed by atoms with Gasteiger partial charge in [0.25, 0.3) is 5.69 Å². The molecule has 26 heavy (non-hydrogen) atoms. The lowest BCUT2D eigenvalue weighted by Crippen LogP contribution is -2.12. The van der Waals surface area contributed by atoms with Crippen LogP contribution in [0, 0.1) is 10.1 Å². The first-order chi connectivity index (χ1) is 12.4. The number of nitro benzene ring substituents is 1. The molecule has 8 heteroatoms. The van der Waals surface area contributed by atoms with Crippen molar-refractivity contribution >= 4 is 45.8 Å². The Morgan fingerprint density at radius 2 is 1.88 bits per heavy atom. The van der Waals surface area contributed by atoms with Crippen LogP contribution >= 0.6 is 23.2 Å². The highest BCUT2D eigenvalue weighted by Gasteiger charge is 2.22. The van der Waals surface area contributed by atoms with Gasteiger partial charge in [-0.05, 0) is 42.8 Å². The van der Waals surface area contributed by atoms with Crippen LogP contribution in [0.2, 0.25) is 10.0 Å². The van der Waals surface area contributed by atoms with E-state index in [1.165, 1.54) is 12.1 Å². The summed E-state index contributed by atoms with van der Waals surface area (Å²) in [5.74, 6) is -0.550. The molecule has 0 aliphatic rings. The van der Waals surface area contributed by atoms with Crippen LogP contribution in [0.1, 0.15) is 23.0 Å². The minimum Gasteiger partial charge on any atom is -0.461 e. The second kappa shape index (κ2) is 7.35. The van der Waals surface area contributed by atoms with Gasteiger partial charge in [0.2, 0.25) is 0 Å². The highest BCUT2D eigenvalue weighted by atomic mass is 35.5. The molecule has 0 N–H and O–H groups in total. The average molecular weight is 393 g/mol. The fourth-order valence-electron chi connectivity index (χ4n) is 2.86. The Morgan fingerprint density at radius 3 is 2.50 bits per heavy atom. The van der Waals surface area contributed by atoms with Gasteiger partial charge in [-0.25, -0.2) is 4.79 Å². The lowest BCUT2D eigenvalue weighted by atomic mass is 10.2. The van der Waals surface area contributed by atoms with Crippen molar-refractivity contribution in [1.82, 2.24) is 4.57 Å². The maximum absolute atomic E-state index is 12.4. The molecule has 1 heterocycles. The van der Waals surface area contributed by atoms with E-state index in [0.29, 0.717) is 20.9 Å².